The first kappa shape index (κ1) is 17.4. The molecular formula is C16H33N3O. The highest BCUT2D eigenvalue weighted by Gasteiger charge is 2.41. The number of nitrogens with zero attached hydrogens (tertiary/aromatic N) is 2. The third-order valence-electron chi connectivity index (χ3n) is 3.97. The summed E-state index contributed by atoms with van der Waals surface area (Å²) in [7, 11) is 4.18. The topological polar surface area (TPSA) is 35.6 Å². The fourth-order valence-electron chi connectivity index (χ4n) is 3.18. The lowest BCUT2D eigenvalue weighted by atomic mass is 10.0. The molecule has 1 rings (SSSR count). The van der Waals surface area contributed by atoms with Crippen molar-refractivity contribution >= 4 is 5.91 Å². The van der Waals surface area contributed by atoms with E-state index in [1.807, 2.05) is 0 Å². The van der Waals surface area contributed by atoms with Gasteiger partial charge in [0.2, 0.25) is 5.91 Å². The van der Waals surface area contributed by atoms with Gasteiger partial charge in [-0.15, -0.1) is 0 Å². The largest absolute Gasteiger partial charge is 0.322 e. The zero-order valence-electron chi connectivity index (χ0n) is 14.1. The highest BCUT2D eigenvalue weighted by molar-refractivity contribution is 5.84. The van der Waals surface area contributed by atoms with Crippen LogP contribution < -0.4 is 5.32 Å². The Morgan fingerprint density at radius 3 is 2.40 bits per heavy atom. The molecule has 0 aromatic carbocycles. The highest BCUT2D eigenvalue weighted by Crippen LogP contribution is 2.24. The van der Waals surface area contributed by atoms with E-state index in [0.717, 1.165) is 32.2 Å². The van der Waals surface area contributed by atoms with Gasteiger partial charge < -0.3 is 9.80 Å². The van der Waals surface area contributed by atoms with Gasteiger partial charge in [0.25, 0.3) is 0 Å². The molecule has 0 radical (unpaired) electrons. The molecule has 0 aromatic heterocycles. The molecule has 118 valence electrons. The smallest absolute Gasteiger partial charge is 0.241 e. The van der Waals surface area contributed by atoms with Gasteiger partial charge in [-0.2, -0.15) is 0 Å². The molecule has 4 heteroatoms. The van der Waals surface area contributed by atoms with Gasteiger partial charge in [-0.3, -0.25) is 10.1 Å². The first-order valence-electron chi connectivity index (χ1n) is 8.13. The van der Waals surface area contributed by atoms with Crippen molar-refractivity contribution < 1.29 is 4.79 Å². The molecule has 1 fully saturated rings. The minimum atomic E-state index is 0.0170. The average molecular weight is 283 g/mol. The third kappa shape index (κ3) is 4.45. The molecule has 1 saturated heterocycles. The lowest BCUT2D eigenvalue weighted by Crippen LogP contribution is -2.49. The monoisotopic (exact) mass is 283 g/mol. The summed E-state index contributed by atoms with van der Waals surface area (Å²) >= 11 is 0. The molecule has 4 nitrogen and oxygen atoms in total. The minimum Gasteiger partial charge on any atom is -0.322 e. The van der Waals surface area contributed by atoms with Crippen LogP contribution in [0, 0.1) is 5.92 Å². The van der Waals surface area contributed by atoms with E-state index < -0.39 is 0 Å². The van der Waals surface area contributed by atoms with Gasteiger partial charge in [0.05, 0.1) is 12.2 Å². The van der Waals surface area contributed by atoms with Gasteiger partial charge in [-0.25, -0.2) is 0 Å². The van der Waals surface area contributed by atoms with Gasteiger partial charge in [0.1, 0.15) is 0 Å². The van der Waals surface area contributed by atoms with Crippen LogP contribution in [0.15, 0.2) is 0 Å². The molecule has 0 saturated carbocycles. The average Bonchev–Trinajstić information content (AvgIpc) is 2.64. The second kappa shape index (κ2) is 7.99. The standard InChI is InChI=1S/C16H33N3O/c1-7-9-15-17-14(8-2)16(20)19(15)13(10-12(3)4)11-18(5)6/h12-15,17H,7-11H2,1-6H3. The van der Waals surface area contributed by atoms with Crippen molar-refractivity contribution in [3.63, 3.8) is 0 Å². The SMILES string of the molecule is CCCC1NC(CC)C(=O)N1C(CC(C)C)CN(C)C. The number of likely N-dealkylation sites (N-methyl/N-ethyl adjacent to an activating group) is 1. The van der Waals surface area contributed by atoms with Gasteiger partial charge in [-0.1, -0.05) is 34.1 Å². The van der Waals surface area contributed by atoms with Crippen LogP contribution >= 0.6 is 0 Å². The maximum Gasteiger partial charge on any atom is 0.241 e. The van der Waals surface area contributed by atoms with Crippen LogP contribution in [0.5, 0.6) is 0 Å². The van der Waals surface area contributed by atoms with Crippen molar-refractivity contribution in [2.45, 2.75) is 71.6 Å². The van der Waals surface area contributed by atoms with Gasteiger partial charge >= 0.3 is 0 Å². The van der Waals surface area contributed by atoms with Gasteiger partial charge in [0.15, 0.2) is 0 Å². The van der Waals surface area contributed by atoms with E-state index in [4.69, 9.17) is 0 Å². The third-order valence-corrected chi connectivity index (χ3v) is 3.97. The van der Waals surface area contributed by atoms with E-state index >= 15 is 0 Å². The molecule has 1 heterocycles. The Labute approximate surface area is 124 Å². The Hall–Kier alpha value is -0.610. The van der Waals surface area contributed by atoms with E-state index in [1.54, 1.807) is 0 Å². The summed E-state index contributed by atoms with van der Waals surface area (Å²) in [6, 6.07) is 0.335. The maximum atomic E-state index is 12.7. The summed E-state index contributed by atoms with van der Waals surface area (Å²) in [6.07, 6.45) is 4.33. The molecule has 1 N–H and O–H groups in total. The molecule has 1 aliphatic rings. The molecule has 0 aromatic rings. The lowest BCUT2D eigenvalue weighted by molar-refractivity contribution is -0.133. The van der Waals surface area contributed by atoms with Gasteiger partial charge in [0, 0.05) is 12.6 Å². The second-order valence-electron chi connectivity index (χ2n) is 6.72. The van der Waals surface area contributed by atoms with Crippen LogP contribution in [0.2, 0.25) is 0 Å². The van der Waals surface area contributed by atoms with Crippen molar-refractivity contribution in [1.82, 2.24) is 15.1 Å². The summed E-state index contributed by atoms with van der Waals surface area (Å²) in [5.41, 5.74) is 0. The Balaban J connectivity index is 2.90. The van der Waals surface area contributed by atoms with Crippen LogP contribution in [-0.2, 0) is 4.79 Å². The Morgan fingerprint density at radius 1 is 1.30 bits per heavy atom. The fourth-order valence-corrected chi connectivity index (χ4v) is 3.18. The molecule has 3 atom stereocenters. The summed E-state index contributed by atoms with van der Waals surface area (Å²) in [5.74, 6) is 0.911. The summed E-state index contributed by atoms with van der Waals surface area (Å²) in [6.45, 7) is 9.70. The van der Waals surface area contributed by atoms with Gasteiger partial charge in [-0.05, 0) is 39.3 Å². The predicted octanol–water partition coefficient (Wildman–Crippen LogP) is 2.30. The van der Waals surface area contributed by atoms with E-state index in [9.17, 15) is 4.79 Å². The second-order valence-corrected chi connectivity index (χ2v) is 6.72. The Morgan fingerprint density at radius 2 is 1.95 bits per heavy atom. The zero-order valence-corrected chi connectivity index (χ0v) is 14.1. The van der Waals surface area contributed by atoms with Crippen LogP contribution in [0.25, 0.3) is 0 Å². The van der Waals surface area contributed by atoms with Crippen molar-refractivity contribution in [3.8, 4) is 0 Å². The van der Waals surface area contributed by atoms with Crippen molar-refractivity contribution in [3.05, 3.63) is 0 Å². The molecule has 20 heavy (non-hydrogen) atoms. The van der Waals surface area contributed by atoms with Crippen LogP contribution in [0.3, 0.4) is 0 Å². The maximum absolute atomic E-state index is 12.7. The summed E-state index contributed by atoms with van der Waals surface area (Å²) in [4.78, 5) is 17.0. The molecule has 0 bridgehead atoms. The first-order valence-corrected chi connectivity index (χ1v) is 8.13. The molecule has 3 unspecified atom stereocenters. The first-order chi connectivity index (χ1) is 9.40. The molecule has 0 spiro atoms. The number of hydrogen-bond acceptors (Lipinski definition) is 3. The minimum absolute atomic E-state index is 0.0170. The number of hydrogen-bond donors (Lipinski definition) is 1. The molecule has 1 aliphatic heterocycles. The number of carbonyl (C=O) groups excluding carboxylic acids is 1. The summed E-state index contributed by atoms with van der Waals surface area (Å²) in [5, 5.41) is 3.53. The molecular weight excluding hydrogens is 250 g/mol. The van der Waals surface area contributed by atoms with Crippen molar-refractivity contribution in [2.24, 2.45) is 5.92 Å². The van der Waals surface area contributed by atoms with E-state index in [-0.39, 0.29) is 12.2 Å². The van der Waals surface area contributed by atoms with Crippen LogP contribution in [-0.4, -0.2) is 54.6 Å². The van der Waals surface area contributed by atoms with Crippen LogP contribution in [0.1, 0.15) is 53.4 Å². The van der Waals surface area contributed by atoms with E-state index in [0.29, 0.717) is 17.9 Å². The van der Waals surface area contributed by atoms with Crippen molar-refractivity contribution in [1.29, 1.82) is 0 Å². The number of amides is 1. The highest BCUT2D eigenvalue weighted by atomic mass is 16.2. The summed E-state index contributed by atoms with van der Waals surface area (Å²) < 4.78 is 0. The van der Waals surface area contributed by atoms with Crippen molar-refractivity contribution in [2.75, 3.05) is 20.6 Å². The molecule has 0 aliphatic carbocycles. The normalized spacial score (nSPS) is 25.0. The van der Waals surface area contributed by atoms with E-state index in [1.165, 1.54) is 0 Å². The van der Waals surface area contributed by atoms with E-state index in [2.05, 4.69) is 56.9 Å². The Kier molecular flexibility index (Phi) is 6.96. The molecule has 1 amide bonds. The number of rotatable bonds is 8. The number of carbonyl (C=O) groups is 1. The zero-order chi connectivity index (χ0) is 15.3. The lowest BCUT2D eigenvalue weighted by Gasteiger charge is -2.35. The predicted molar refractivity (Wildman–Crippen MR) is 84.6 cm³/mol. The quantitative estimate of drug-likeness (QED) is 0.742. The number of nitrogens with one attached hydrogen (secondary N) is 1. The fraction of sp³-hybridized carbons (Fsp3) is 0.938. The Bertz CT molecular complexity index is 294. The van der Waals surface area contributed by atoms with Crippen LogP contribution in [0.4, 0.5) is 0 Å².